The highest BCUT2D eigenvalue weighted by Gasteiger charge is 2.40. The summed E-state index contributed by atoms with van der Waals surface area (Å²) in [5.74, 6) is 0.492. The van der Waals surface area contributed by atoms with Gasteiger partial charge in [-0.25, -0.2) is 0 Å². The Balaban J connectivity index is 1.88. The minimum absolute atomic E-state index is 0.120. The lowest BCUT2D eigenvalue weighted by atomic mass is 9.79. The molecule has 4 rings (SSSR count). The molecule has 2 aromatic carbocycles. The minimum Gasteiger partial charge on any atom is -0.353 e. The number of piperazine rings is 1. The van der Waals surface area contributed by atoms with Crippen molar-refractivity contribution in [2.24, 2.45) is 0 Å². The van der Waals surface area contributed by atoms with Gasteiger partial charge in [-0.1, -0.05) is 48.5 Å². The maximum absolute atomic E-state index is 12.4. The van der Waals surface area contributed by atoms with E-state index in [2.05, 4.69) is 65.7 Å². The lowest BCUT2D eigenvalue weighted by molar-refractivity contribution is -0.129. The largest absolute Gasteiger partial charge is 0.353 e. The number of carbonyl (C=O) groups excluding carboxylic acids is 1. The lowest BCUT2D eigenvalue weighted by Crippen LogP contribution is -2.53. The van der Waals surface area contributed by atoms with Crippen molar-refractivity contribution in [2.45, 2.75) is 18.9 Å². The van der Waals surface area contributed by atoms with Crippen LogP contribution in [0.1, 0.15) is 34.2 Å². The van der Waals surface area contributed by atoms with Gasteiger partial charge in [-0.2, -0.15) is 0 Å². The predicted molar refractivity (Wildman–Crippen MR) is 86.8 cm³/mol. The van der Waals surface area contributed by atoms with E-state index in [0.29, 0.717) is 5.92 Å². The molecule has 0 spiro atoms. The van der Waals surface area contributed by atoms with E-state index in [-0.39, 0.29) is 11.9 Å². The molecule has 2 aliphatic rings. The molecule has 2 aliphatic heterocycles. The molecule has 3 heteroatoms. The number of rotatable bonds is 1. The first-order chi connectivity index (χ1) is 10.8. The lowest BCUT2D eigenvalue weighted by Gasteiger charge is -2.43. The quantitative estimate of drug-likeness (QED) is 0.876. The summed E-state index contributed by atoms with van der Waals surface area (Å²) in [5.41, 5.74) is 5.06. The molecule has 3 nitrogen and oxygen atoms in total. The third kappa shape index (κ3) is 2.04. The van der Waals surface area contributed by atoms with Crippen molar-refractivity contribution in [1.29, 1.82) is 0 Å². The second kappa shape index (κ2) is 5.25. The Labute approximate surface area is 131 Å². The van der Waals surface area contributed by atoms with E-state index in [1.54, 1.807) is 0 Å². The van der Waals surface area contributed by atoms with Gasteiger partial charge in [0, 0.05) is 25.6 Å². The molecule has 22 heavy (non-hydrogen) atoms. The smallest absolute Gasteiger partial charge is 0.242 e. The monoisotopic (exact) mass is 292 g/mol. The second-order valence-corrected chi connectivity index (χ2v) is 6.23. The fourth-order valence-electron chi connectivity index (χ4n) is 3.91. The highest BCUT2D eigenvalue weighted by Crippen LogP contribution is 2.41. The van der Waals surface area contributed by atoms with E-state index in [1.807, 2.05) is 0 Å². The number of nitrogens with one attached hydrogen (secondary N) is 1. The van der Waals surface area contributed by atoms with E-state index in [0.717, 1.165) is 19.6 Å². The zero-order chi connectivity index (χ0) is 15.1. The van der Waals surface area contributed by atoms with Crippen LogP contribution in [-0.4, -0.2) is 30.4 Å². The van der Waals surface area contributed by atoms with Crippen molar-refractivity contribution >= 4 is 5.91 Å². The van der Waals surface area contributed by atoms with Gasteiger partial charge in [0.05, 0.1) is 0 Å². The van der Waals surface area contributed by atoms with Crippen LogP contribution in [0.15, 0.2) is 48.5 Å². The van der Waals surface area contributed by atoms with Crippen molar-refractivity contribution in [3.8, 4) is 0 Å². The Morgan fingerprint density at radius 2 is 1.91 bits per heavy atom. The molecule has 0 radical (unpaired) electrons. The Morgan fingerprint density at radius 1 is 1.09 bits per heavy atom. The third-order valence-electron chi connectivity index (χ3n) is 4.94. The van der Waals surface area contributed by atoms with Gasteiger partial charge in [-0.15, -0.1) is 0 Å². The summed E-state index contributed by atoms with van der Waals surface area (Å²) in [7, 11) is 0. The number of hydrogen-bond acceptors (Lipinski definition) is 2. The van der Waals surface area contributed by atoms with Crippen molar-refractivity contribution in [3.63, 3.8) is 0 Å². The number of hydrogen-bond donors (Lipinski definition) is 1. The van der Waals surface area contributed by atoms with Crippen LogP contribution >= 0.6 is 0 Å². The minimum atomic E-state index is -0.120. The van der Waals surface area contributed by atoms with Crippen LogP contribution in [0.25, 0.3) is 0 Å². The highest BCUT2D eigenvalue weighted by atomic mass is 16.2. The molecule has 1 N–H and O–H groups in total. The van der Waals surface area contributed by atoms with E-state index < -0.39 is 0 Å². The van der Waals surface area contributed by atoms with Crippen LogP contribution in [0.2, 0.25) is 0 Å². The van der Waals surface area contributed by atoms with Gasteiger partial charge in [-0.3, -0.25) is 9.69 Å². The van der Waals surface area contributed by atoms with E-state index in [1.165, 1.54) is 22.3 Å². The molecule has 1 saturated heterocycles. The van der Waals surface area contributed by atoms with Crippen LogP contribution < -0.4 is 5.32 Å². The summed E-state index contributed by atoms with van der Waals surface area (Å²) in [6.07, 6.45) is 0. The molecule has 0 aromatic heterocycles. The first kappa shape index (κ1) is 13.5. The number of carbonyl (C=O) groups is 1. The summed E-state index contributed by atoms with van der Waals surface area (Å²) in [5, 5.41) is 3.02. The van der Waals surface area contributed by atoms with Gasteiger partial charge >= 0.3 is 0 Å². The van der Waals surface area contributed by atoms with E-state index in [4.69, 9.17) is 0 Å². The van der Waals surface area contributed by atoms with Gasteiger partial charge in [0.1, 0.15) is 6.04 Å². The van der Waals surface area contributed by atoms with Gasteiger partial charge in [-0.05, 0) is 29.2 Å². The van der Waals surface area contributed by atoms with Crippen molar-refractivity contribution in [1.82, 2.24) is 10.2 Å². The fourth-order valence-corrected chi connectivity index (χ4v) is 3.91. The normalized spacial score (nSPS) is 24.3. The van der Waals surface area contributed by atoms with Crippen LogP contribution in [0.5, 0.6) is 0 Å². The van der Waals surface area contributed by atoms with Gasteiger partial charge in [0.15, 0.2) is 0 Å². The average Bonchev–Trinajstić information content (AvgIpc) is 2.55. The summed E-state index contributed by atoms with van der Waals surface area (Å²) in [4.78, 5) is 14.8. The zero-order valence-electron chi connectivity index (χ0n) is 12.8. The number of nitrogens with zero attached hydrogens (tertiary/aromatic N) is 1. The van der Waals surface area contributed by atoms with Gasteiger partial charge in [0.2, 0.25) is 5.91 Å². The Morgan fingerprint density at radius 3 is 2.73 bits per heavy atom. The second-order valence-electron chi connectivity index (χ2n) is 6.23. The molecule has 1 fully saturated rings. The topological polar surface area (TPSA) is 32.3 Å². The molecule has 0 unspecified atom stereocenters. The standard InChI is InChI=1S/C19H20N2O/c1-13-6-5-9-15-16(14-7-3-2-4-8-14)12-21-11-10-20-19(22)18(21)17(13)15/h2-9,16,18H,10-12H2,1H3,(H,20,22)/t16-,18-/m0/s1. The van der Waals surface area contributed by atoms with Crippen molar-refractivity contribution in [3.05, 3.63) is 70.8 Å². The molecule has 0 aliphatic carbocycles. The summed E-state index contributed by atoms with van der Waals surface area (Å²) < 4.78 is 0. The van der Waals surface area contributed by atoms with Gasteiger partial charge < -0.3 is 5.32 Å². The zero-order valence-corrected chi connectivity index (χ0v) is 12.8. The molecule has 0 saturated carbocycles. The molecule has 2 aromatic rings. The van der Waals surface area contributed by atoms with Crippen LogP contribution in [0.4, 0.5) is 0 Å². The Hall–Kier alpha value is -2.13. The van der Waals surface area contributed by atoms with Crippen LogP contribution in [0.3, 0.4) is 0 Å². The average molecular weight is 292 g/mol. The molecule has 2 heterocycles. The summed E-state index contributed by atoms with van der Waals surface area (Å²) in [6.45, 7) is 4.70. The Bertz CT molecular complexity index is 711. The highest BCUT2D eigenvalue weighted by molar-refractivity contribution is 5.85. The first-order valence-electron chi connectivity index (χ1n) is 7.92. The number of fused-ring (bicyclic) bond motifs is 3. The third-order valence-corrected chi connectivity index (χ3v) is 4.94. The fraction of sp³-hybridized carbons (Fsp3) is 0.316. The number of aryl methyl sites for hydroxylation is 1. The van der Waals surface area contributed by atoms with E-state index >= 15 is 0 Å². The first-order valence-corrected chi connectivity index (χ1v) is 7.92. The van der Waals surface area contributed by atoms with Crippen molar-refractivity contribution in [2.75, 3.05) is 19.6 Å². The number of amides is 1. The Kier molecular flexibility index (Phi) is 3.23. The number of benzene rings is 2. The molecular formula is C19H20N2O. The molecule has 2 atom stereocenters. The van der Waals surface area contributed by atoms with Crippen LogP contribution in [-0.2, 0) is 4.79 Å². The van der Waals surface area contributed by atoms with E-state index in [9.17, 15) is 4.79 Å². The summed E-state index contributed by atoms with van der Waals surface area (Å²) >= 11 is 0. The van der Waals surface area contributed by atoms with Crippen LogP contribution in [0, 0.1) is 6.92 Å². The molecule has 0 bridgehead atoms. The maximum Gasteiger partial charge on any atom is 0.242 e. The predicted octanol–water partition coefficient (Wildman–Crippen LogP) is 2.61. The SMILES string of the molecule is Cc1cccc2c1[C@H]1C(=O)NCCN1C[C@H]2c1ccccc1. The molecule has 1 amide bonds. The maximum atomic E-state index is 12.4. The molecular weight excluding hydrogens is 272 g/mol. The summed E-state index contributed by atoms with van der Waals surface area (Å²) in [6, 6.07) is 16.9. The van der Waals surface area contributed by atoms with Crippen molar-refractivity contribution < 1.29 is 4.79 Å². The molecule has 112 valence electrons. The van der Waals surface area contributed by atoms with Gasteiger partial charge in [0.25, 0.3) is 0 Å².